The van der Waals surface area contributed by atoms with Gasteiger partial charge in [0.05, 0.1) is 0 Å². The van der Waals surface area contributed by atoms with Crippen molar-refractivity contribution in [3.05, 3.63) is 20.2 Å². The van der Waals surface area contributed by atoms with Crippen molar-refractivity contribution in [2.24, 2.45) is 21.7 Å². The Labute approximate surface area is 97.5 Å². The van der Waals surface area contributed by atoms with Crippen molar-refractivity contribution in [2.45, 2.75) is 0 Å². The van der Waals surface area contributed by atoms with E-state index in [1.807, 2.05) is 10.9 Å². The van der Waals surface area contributed by atoms with Gasteiger partial charge in [0.1, 0.15) is 10.2 Å². The molecule has 0 radical (unpaired) electrons. The zero-order valence-corrected chi connectivity index (χ0v) is 8.48. The molecule has 0 bridgehead atoms. The normalized spacial score (nSPS) is 11.3. The molecular weight excluding hydrogens is 256 g/mol. The van der Waals surface area contributed by atoms with Gasteiger partial charge >= 0.3 is 6.03 Å². The first-order valence-electron chi connectivity index (χ1n) is 3.86. The summed E-state index contributed by atoms with van der Waals surface area (Å²) in [6.45, 7) is 0. The van der Waals surface area contributed by atoms with Gasteiger partial charge in [-0.2, -0.15) is 0 Å². The quantitative estimate of drug-likeness (QED) is 0.124. The molecule has 0 aromatic heterocycles. The van der Waals surface area contributed by atoms with E-state index >= 15 is 0 Å². The maximum absolute atomic E-state index is 10.9. The fraction of sp³-hybridized carbons (Fsp3) is 0. The van der Waals surface area contributed by atoms with Gasteiger partial charge in [0.15, 0.2) is 10.1 Å². The molecule has 100 valence electrons. The topological polar surface area (TPSA) is 228 Å². The van der Waals surface area contributed by atoms with Crippen molar-refractivity contribution >= 4 is 18.0 Å². The van der Waals surface area contributed by atoms with Crippen LogP contribution in [-0.4, -0.2) is 28.0 Å². The SMILES string of the molecule is NC(=N[N+](=O)[O-])NNC(=O)NNC(N)=N[N+](=O)[O-]. The summed E-state index contributed by atoms with van der Waals surface area (Å²) in [5.74, 6) is -1.39. The number of hydrazone groups is 2. The van der Waals surface area contributed by atoms with Gasteiger partial charge in [-0.25, -0.2) is 35.9 Å². The molecule has 0 aliphatic heterocycles. The minimum atomic E-state index is -1.10. The van der Waals surface area contributed by atoms with Gasteiger partial charge in [-0.1, -0.05) is 0 Å². The summed E-state index contributed by atoms with van der Waals surface area (Å²) >= 11 is 0. The number of hydrazine groups is 2. The summed E-state index contributed by atoms with van der Waals surface area (Å²) in [7, 11) is 0. The molecule has 0 fully saturated rings. The number of hydrogen-bond donors (Lipinski definition) is 6. The fourth-order valence-corrected chi connectivity index (χ4v) is 0.499. The summed E-state index contributed by atoms with van der Waals surface area (Å²) in [5, 5.41) is 22.7. The number of guanidine groups is 2. The Balaban J connectivity index is 4.00. The number of carbonyl (C=O) groups excluding carboxylic acids is 1. The number of carbonyl (C=O) groups is 1. The second-order valence-electron chi connectivity index (χ2n) is 2.28. The first-order chi connectivity index (χ1) is 8.31. The van der Waals surface area contributed by atoms with Gasteiger partial charge in [-0.3, -0.25) is 10.9 Å². The Hall–Kier alpha value is -3.39. The van der Waals surface area contributed by atoms with Crippen LogP contribution >= 0.6 is 0 Å². The molecule has 0 aromatic carbocycles. The third kappa shape index (κ3) is 7.96. The van der Waals surface area contributed by atoms with E-state index in [1.165, 1.54) is 0 Å². The lowest BCUT2D eigenvalue weighted by atomic mass is 11.0. The zero-order chi connectivity index (χ0) is 14.1. The molecule has 0 atom stereocenters. The molecule has 8 N–H and O–H groups in total. The number of nitrogens with zero attached hydrogens (tertiary/aromatic N) is 4. The third-order valence-electron chi connectivity index (χ3n) is 0.987. The molecule has 18 heavy (non-hydrogen) atoms. The first-order valence-corrected chi connectivity index (χ1v) is 3.86. The Morgan fingerprint density at radius 2 is 1.22 bits per heavy atom. The highest BCUT2D eigenvalue weighted by molar-refractivity contribution is 5.84. The highest BCUT2D eigenvalue weighted by Crippen LogP contribution is 1.68. The monoisotopic (exact) mass is 264 g/mol. The summed E-state index contributed by atoms with van der Waals surface area (Å²) in [6.07, 6.45) is 0. The van der Waals surface area contributed by atoms with Crippen LogP contribution in [0.1, 0.15) is 0 Å². The van der Waals surface area contributed by atoms with E-state index < -0.39 is 28.0 Å². The van der Waals surface area contributed by atoms with Crippen molar-refractivity contribution in [3.63, 3.8) is 0 Å². The van der Waals surface area contributed by atoms with E-state index in [-0.39, 0.29) is 0 Å². The number of urea groups is 1. The summed E-state index contributed by atoms with van der Waals surface area (Å²) in [4.78, 5) is 30.6. The van der Waals surface area contributed by atoms with Crippen LogP contribution in [0.4, 0.5) is 4.79 Å². The van der Waals surface area contributed by atoms with E-state index in [0.717, 1.165) is 0 Å². The minimum Gasteiger partial charge on any atom is -0.363 e. The number of rotatable bonds is 2. The zero-order valence-electron chi connectivity index (χ0n) is 8.48. The third-order valence-corrected chi connectivity index (χ3v) is 0.987. The first kappa shape index (κ1) is 14.6. The molecule has 15 heteroatoms. The van der Waals surface area contributed by atoms with Crippen LogP contribution in [0.2, 0.25) is 0 Å². The lowest BCUT2D eigenvalue weighted by Gasteiger charge is -2.07. The highest BCUT2D eigenvalue weighted by Gasteiger charge is 2.04. The van der Waals surface area contributed by atoms with E-state index in [0.29, 0.717) is 0 Å². The fourth-order valence-electron chi connectivity index (χ4n) is 0.499. The van der Waals surface area contributed by atoms with Crippen LogP contribution in [0.15, 0.2) is 10.2 Å². The van der Waals surface area contributed by atoms with E-state index in [4.69, 9.17) is 11.5 Å². The molecule has 0 saturated carbocycles. The maximum atomic E-state index is 10.9. The summed E-state index contributed by atoms with van der Waals surface area (Å²) in [5.41, 5.74) is 17.2. The molecule has 0 unspecified atom stereocenters. The molecule has 0 aromatic rings. The molecule has 0 aliphatic carbocycles. The number of hydrogen-bond acceptors (Lipinski definition) is 5. The van der Waals surface area contributed by atoms with Gasteiger partial charge in [-0.05, 0) is 0 Å². The van der Waals surface area contributed by atoms with Crippen LogP contribution in [-0.2, 0) is 0 Å². The van der Waals surface area contributed by atoms with Crippen LogP contribution in [0, 0.1) is 20.2 Å². The van der Waals surface area contributed by atoms with E-state index in [1.54, 1.807) is 10.9 Å². The molecule has 0 saturated heterocycles. The Morgan fingerprint density at radius 3 is 1.50 bits per heavy atom. The van der Waals surface area contributed by atoms with Gasteiger partial charge < -0.3 is 11.5 Å². The predicted molar refractivity (Wildman–Crippen MR) is 55.2 cm³/mol. The standard InChI is InChI=1S/C3H8N10O5/c4-1(10-12(15)16)6-8-3(14)9-7-2(5)11-13(17)18/h(H3,4,6,10)(H3,5,7,11)(H2,8,9,14). The molecule has 0 spiro atoms. The largest absolute Gasteiger partial charge is 0.363 e. The van der Waals surface area contributed by atoms with Crippen LogP contribution in [0.5, 0.6) is 0 Å². The van der Waals surface area contributed by atoms with Crippen LogP contribution in [0.25, 0.3) is 0 Å². The Morgan fingerprint density at radius 1 is 0.889 bits per heavy atom. The number of nitro groups is 2. The molecule has 15 nitrogen and oxygen atoms in total. The van der Waals surface area contributed by atoms with Crippen LogP contribution < -0.4 is 33.2 Å². The van der Waals surface area contributed by atoms with Gasteiger partial charge in [-0.15, -0.1) is 0 Å². The minimum absolute atomic E-state index is 0.693. The molecule has 0 rings (SSSR count). The van der Waals surface area contributed by atoms with Crippen molar-refractivity contribution in [3.8, 4) is 0 Å². The summed E-state index contributed by atoms with van der Waals surface area (Å²) in [6, 6.07) is -1.02. The average Bonchev–Trinajstić information content (AvgIpc) is 2.21. The van der Waals surface area contributed by atoms with Crippen molar-refractivity contribution < 1.29 is 14.9 Å². The van der Waals surface area contributed by atoms with Gasteiger partial charge in [0.2, 0.25) is 0 Å². The number of nitrogens with two attached hydrogens (primary N) is 2. The number of nitrogens with one attached hydrogen (secondary N) is 4. The van der Waals surface area contributed by atoms with Crippen molar-refractivity contribution in [2.75, 3.05) is 0 Å². The van der Waals surface area contributed by atoms with Gasteiger partial charge in [0.25, 0.3) is 11.9 Å². The van der Waals surface area contributed by atoms with Gasteiger partial charge in [0, 0.05) is 0 Å². The molecule has 2 amide bonds. The van der Waals surface area contributed by atoms with Crippen molar-refractivity contribution in [1.29, 1.82) is 0 Å². The van der Waals surface area contributed by atoms with E-state index in [9.17, 15) is 25.0 Å². The second kappa shape index (κ2) is 6.98. The molecular formula is C3H8N10O5. The molecule has 0 heterocycles. The highest BCUT2D eigenvalue weighted by atomic mass is 16.7. The van der Waals surface area contributed by atoms with Crippen molar-refractivity contribution in [1.82, 2.24) is 21.7 Å². The second-order valence-corrected chi connectivity index (χ2v) is 2.28. The summed E-state index contributed by atoms with van der Waals surface area (Å²) < 4.78 is 0. The average molecular weight is 264 g/mol. The maximum Gasteiger partial charge on any atom is 0.352 e. The smallest absolute Gasteiger partial charge is 0.352 e. The molecule has 0 aliphatic rings. The number of amides is 2. The lowest BCUT2D eigenvalue weighted by molar-refractivity contribution is -0.485. The Bertz CT molecular complexity index is 364. The predicted octanol–water partition coefficient (Wildman–Crippen LogP) is -3.69. The Kier molecular flexibility index (Phi) is 5.66. The van der Waals surface area contributed by atoms with Crippen LogP contribution in [0.3, 0.4) is 0 Å². The van der Waals surface area contributed by atoms with E-state index in [2.05, 4.69) is 10.2 Å². The lowest BCUT2D eigenvalue weighted by Crippen LogP contribution is -2.55.